The van der Waals surface area contributed by atoms with Gasteiger partial charge in [-0.1, -0.05) is 43.7 Å². The Labute approximate surface area is 109 Å². The SMILES string of the molecule is CC=Cc1ccc2cc(OCCCC)ccc2c1. The molecule has 1 nitrogen and oxygen atoms in total. The van der Waals surface area contributed by atoms with Crippen LogP contribution in [-0.2, 0) is 0 Å². The van der Waals surface area contributed by atoms with E-state index in [-0.39, 0.29) is 0 Å². The van der Waals surface area contributed by atoms with Crippen molar-refractivity contribution in [2.45, 2.75) is 26.7 Å². The molecule has 18 heavy (non-hydrogen) atoms. The second-order valence-corrected chi connectivity index (χ2v) is 4.47. The van der Waals surface area contributed by atoms with Gasteiger partial charge < -0.3 is 4.74 Å². The van der Waals surface area contributed by atoms with Gasteiger partial charge in [-0.3, -0.25) is 0 Å². The number of hydrogen-bond donors (Lipinski definition) is 0. The van der Waals surface area contributed by atoms with Crippen molar-refractivity contribution in [3.8, 4) is 5.75 Å². The predicted molar refractivity (Wildman–Crippen MR) is 79.1 cm³/mol. The fourth-order valence-electron chi connectivity index (χ4n) is 1.96. The minimum absolute atomic E-state index is 0.804. The van der Waals surface area contributed by atoms with E-state index in [0.717, 1.165) is 18.8 Å². The van der Waals surface area contributed by atoms with Crippen LogP contribution in [0.15, 0.2) is 42.5 Å². The summed E-state index contributed by atoms with van der Waals surface area (Å²) in [6.07, 6.45) is 6.45. The molecule has 1 heteroatoms. The lowest BCUT2D eigenvalue weighted by molar-refractivity contribution is 0.310. The Morgan fingerprint density at radius 3 is 2.61 bits per heavy atom. The lowest BCUT2D eigenvalue weighted by Gasteiger charge is -2.07. The van der Waals surface area contributed by atoms with Crippen LogP contribution < -0.4 is 4.74 Å². The number of unbranched alkanes of at least 4 members (excludes halogenated alkanes) is 1. The zero-order valence-electron chi connectivity index (χ0n) is 11.1. The van der Waals surface area contributed by atoms with Gasteiger partial charge in [-0.25, -0.2) is 0 Å². The van der Waals surface area contributed by atoms with E-state index in [2.05, 4.69) is 55.5 Å². The van der Waals surface area contributed by atoms with Gasteiger partial charge in [0.1, 0.15) is 5.75 Å². The molecule has 0 amide bonds. The maximum absolute atomic E-state index is 5.72. The quantitative estimate of drug-likeness (QED) is 0.664. The Morgan fingerprint density at radius 2 is 1.83 bits per heavy atom. The number of allylic oxidation sites excluding steroid dienone is 1. The highest BCUT2D eigenvalue weighted by atomic mass is 16.5. The minimum Gasteiger partial charge on any atom is -0.494 e. The van der Waals surface area contributed by atoms with Crippen LogP contribution in [0.2, 0.25) is 0 Å². The second kappa shape index (κ2) is 6.25. The highest BCUT2D eigenvalue weighted by Crippen LogP contribution is 2.22. The van der Waals surface area contributed by atoms with E-state index < -0.39 is 0 Å². The molecule has 0 radical (unpaired) electrons. The number of ether oxygens (including phenoxy) is 1. The van der Waals surface area contributed by atoms with Crippen molar-refractivity contribution >= 4 is 16.8 Å². The Hall–Kier alpha value is -1.76. The van der Waals surface area contributed by atoms with Crippen LogP contribution in [0.25, 0.3) is 16.8 Å². The van der Waals surface area contributed by atoms with Crippen molar-refractivity contribution in [1.82, 2.24) is 0 Å². The highest BCUT2D eigenvalue weighted by Gasteiger charge is 1.98. The standard InChI is InChI=1S/C17H20O/c1-3-5-11-18-17-10-9-15-12-14(6-4-2)7-8-16(15)13-17/h4,6-10,12-13H,3,5,11H2,1-2H3. The van der Waals surface area contributed by atoms with Crippen molar-refractivity contribution in [3.05, 3.63) is 48.0 Å². The van der Waals surface area contributed by atoms with E-state index in [4.69, 9.17) is 4.74 Å². The van der Waals surface area contributed by atoms with Crippen LogP contribution in [-0.4, -0.2) is 6.61 Å². The van der Waals surface area contributed by atoms with Crippen molar-refractivity contribution in [3.63, 3.8) is 0 Å². The van der Waals surface area contributed by atoms with Crippen LogP contribution >= 0.6 is 0 Å². The molecule has 94 valence electrons. The lowest BCUT2D eigenvalue weighted by Crippen LogP contribution is -1.95. The summed E-state index contributed by atoms with van der Waals surface area (Å²) in [4.78, 5) is 0. The summed E-state index contributed by atoms with van der Waals surface area (Å²) >= 11 is 0. The molecule has 2 aromatic carbocycles. The molecule has 0 unspecified atom stereocenters. The molecule has 0 aromatic heterocycles. The predicted octanol–water partition coefficient (Wildman–Crippen LogP) is 5.05. The third kappa shape index (κ3) is 3.13. The third-order valence-corrected chi connectivity index (χ3v) is 2.96. The Bertz CT molecular complexity index is 540. The molecular weight excluding hydrogens is 220 g/mol. The first-order valence-electron chi connectivity index (χ1n) is 6.63. The van der Waals surface area contributed by atoms with Gasteiger partial charge in [-0.15, -0.1) is 0 Å². The van der Waals surface area contributed by atoms with Crippen LogP contribution in [0.5, 0.6) is 5.75 Å². The smallest absolute Gasteiger partial charge is 0.119 e. The van der Waals surface area contributed by atoms with Crippen molar-refractivity contribution in [1.29, 1.82) is 0 Å². The van der Waals surface area contributed by atoms with Gasteiger partial charge >= 0.3 is 0 Å². The minimum atomic E-state index is 0.804. The molecule has 2 rings (SSSR count). The average Bonchev–Trinajstić information content (AvgIpc) is 2.39. The van der Waals surface area contributed by atoms with Gasteiger partial charge in [-0.05, 0) is 47.9 Å². The van der Waals surface area contributed by atoms with Crippen LogP contribution in [0.1, 0.15) is 32.3 Å². The summed E-state index contributed by atoms with van der Waals surface area (Å²) in [5.74, 6) is 0.967. The van der Waals surface area contributed by atoms with Crippen LogP contribution in [0.3, 0.4) is 0 Å². The topological polar surface area (TPSA) is 9.23 Å². The molecule has 0 aliphatic rings. The molecule has 2 aromatic rings. The summed E-state index contributed by atoms with van der Waals surface area (Å²) in [5, 5.41) is 2.49. The van der Waals surface area contributed by atoms with E-state index >= 15 is 0 Å². The highest BCUT2D eigenvalue weighted by molar-refractivity contribution is 5.86. The number of rotatable bonds is 5. The first kappa shape index (κ1) is 12.7. The average molecular weight is 240 g/mol. The van der Waals surface area contributed by atoms with Crippen molar-refractivity contribution in [2.24, 2.45) is 0 Å². The van der Waals surface area contributed by atoms with Gasteiger partial charge in [0.05, 0.1) is 6.61 Å². The normalized spacial score (nSPS) is 11.2. The van der Waals surface area contributed by atoms with Gasteiger partial charge in [0, 0.05) is 0 Å². The number of fused-ring (bicyclic) bond motifs is 1. The Morgan fingerprint density at radius 1 is 1.06 bits per heavy atom. The zero-order valence-corrected chi connectivity index (χ0v) is 11.1. The molecule has 0 saturated heterocycles. The zero-order chi connectivity index (χ0) is 12.8. The van der Waals surface area contributed by atoms with E-state index in [1.54, 1.807) is 0 Å². The molecule has 0 saturated carbocycles. The molecular formula is C17H20O. The van der Waals surface area contributed by atoms with E-state index in [1.807, 2.05) is 6.92 Å². The molecule has 0 aliphatic heterocycles. The maximum Gasteiger partial charge on any atom is 0.119 e. The van der Waals surface area contributed by atoms with E-state index in [9.17, 15) is 0 Å². The second-order valence-electron chi connectivity index (χ2n) is 4.47. The monoisotopic (exact) mass is 240 g/mol. The summed E-state index contributed by atoms with van der Waals surface area (Å²) < 4.78 is 5.72. The van der Waals surface area contributed by atoms with Gasteiger partial charge in [0.15, 0.2) is 0 Å². The molecule has 0 spiro atoms. The summed E-state index contributed by atoms with van der Waals surface area (Å²) in [6.45, 7) is 5.01. The van der Waals surface area contributed by atoms with Crippen LogP contribution in [0.4, 0.5) is 0 Å². The molecule has 0 heterocycles. The Kier molecular flexibility index (Phi) is 4.40. The number of benzene rings is 2. The molecule has 0 atom stereocenters. The Balaban J connectivity index is 2.21. The van der Waals surface area contributed by atoms with Crippen molar-refractivity contribution in [2.75, 3.05) is 6.61 Å². The fourth-order valence-corrected chi connectivity index (χ4v) is 1.96. The molecule has 0 N–H and O–H groups in total. The largest absolute Gasteiger partial charge is 0.494 e. The maximum atomic E-state index is 5.72. The first-order valence-corrected chi connectivity index (χ1v) is 6.63. The number of hydrogen-bond acceptors (Lipinski definition) is 1. The summed E-state index contributed by atoms with van der Waals surface area (Å²) in [5.41, 5.74) is 1.24. The van der Waals surface area contributed by atoms with E-state index in [0.29, 0.717) is 0 Å². The molecule has 0 fully saturated rings. The van der Waals surface area contributed by atoms with E-state index in [1.165, 1.54) is 22.8 Å². The summed E-state index contributed by atoms with van der Waals surface area (Å²) in [6, 6.07) is 12.8. The fraction of sp³-hybridized carbons (Fsp3) is 0.294. The molecule has 0 bridgehead atoms. The van der Waals surface area contributed by atoms with Gasteiger partial charge in [0.25, 0.3) is 0 Å². The first-order chi connectivity index (χ1) is 8.83. The van der Waals surface area contributed by atoms with Crippen LogP contribution in [0, 0.1) is 0 Å². The summed E-state index contributed by atoms with van der Waals surface area (Å²) in [7, 11) is 0. The van der Waals surface area contributed by atoms with Crippen molar-refractivity contribution < 1.29 is 4.74 Å². The third-order valence-electron chi connectivity index (χ3n) is 2.96. The van der Waals surface area contributed by atoms with Gasteiger partial charge in [-0.2, -0.15) is 0 Å². The molecule has 0 aliphatic carbocycles. The van der Waals surface area contributed by atoms with Gasteiger partial charge in [0.2, 0.25) is 0 Å². The lowest BCUT2D eigenvalue weighted by atomic mass is 10.1.